The summed E-state index contributed by atoms with van der Waals surface area (Å²) in [5, 5.41) is 15.8. The van der Waals surface area contributed by atoms with E-state index < -0.39 is 6.23 Å². The normalized spacial score (nSPS) is 18.2. The summed E-state index contributed by atoms with van der Waals surface area (Å²) in [6.07, 6.45) is 0.866. The van der Waals surface area contributed by atoms with Crippen molar-refractivity contribution in [1.82, 2.24) is 9.91 Å². The summed E-state index contributed by atoms with van der Waals surface area (Å²) < 4.78 is 6.20. The quantitative estimate of drug-likeness (QED) is 0.417. The molecule has 0 aliphatic carbocycles. The smallest absolute Gasteiger partial charge is 0.251 e. The van der Waals surface area contributed by atoms with Crippen LogP contribution < -0.4 is 4.74 Å². The lowest BCUT2D eigenvalue weighted by molar-refractivity contribution is -0.00455. The zero-order valence-corrected chi connectivity index (χ0v) is 20.7. The molecule has 0 fully saturated rings. The van der Waals surface area contributed by atoms with Crippen molar-refractivity contribution >= 4 is 11.5 Å². The van der Waals surface area contributed by atoms with Crippen LogP contribution in [0.25, 0.3) is 0 Å². The Morgan fingerprint density at radius 3 is 2.47 bits per heavy atom. The first-order chi connectivity index (χ1) is 17.6. The first-order valence-electron chi connectivity index (χ1n) is 12.6. The van der Waals surface area contributed by atoms with Crippen molar-refractivity contribution in [3.8, 4) is 11.8 Å². The maximum atomic E-state index is 13.5. The molecule has 36 heavy (non-hydrogen) atoms. The predicted octanol–water partition coefficient (Wildman–Crippen LogP) is 5.20. The van der Waals surface area contributed by atoms with E-state index in [0.29, 0.717) is 23.3 Å². The molecule has 5 rings (SSSR count). The number of hydrazone groups is 1. The molecule has 0 saturated carbocycles. The molecule has 2 atom stereocenters. The molecule has 0 bridgehead atoms. The third kappa shape index (κ3) is 4.62. The summed E-state index contributed by atoms with van der Waals surface area (Å²) in [6.45, 7) is 7.57. The molecule has 2 heterocycles. The van der Waals surface area contributed by atoms with Gasteiger partial charge in [-0.15, -0.1) is 0 Å². The number of hydrogen-bond donors (Lipinski definition) is 0. The van der Waals surface area contributed by atoms with E-state index in [-0.39, 0.29) is 11.8 Å². The van der Waals surface area contributed by atoms with Gasteiger partial charge in [-0.2, -0.15) is 10.4 Å². The number of carbonyl (C=O) groups is 1. The van der Waals surface area contributed by atoms with Gasteiger partial charge in [0.25, 0.3) is 6.23 Å². The van der Waals surface area contributed by atoms with Crippen molar-refractivity contribution in [2.24, 2.45) is 5.10 Å². The summed E-state index contributed by atoms with van der Waals surface area (Å²) in [5.41, 5.74) is 5.38. The Balaban J connectivity index is 1.40. The predicted molar refractivity (Wildman–Crippen MR) is 140 cm³/mol. The van der Waals surface area contributed by atoms with E-state index in [2.05, 4.69) is 49.1 Å². The molecule has 0 aromatic heterocycles. The molecule has 0 saturated heterocycles. The number of benzene rings is 3. The second-order valence-electron chi connectivity index (χ2n) is 9.18. The van der Waals surface area contributed by atoms with Crippen molar-refractivity contribution < 1.29 is 9.53 Å². The van der Waals surface area contributed by atoms with Crippen molar-refractivity contribution in [1.29, 1.82) is 5.26 Å². The Kier molecular flexibility index (Phi) is 6.84. The summed E-state index contributed by atoms with van der Waals surface area (Å²) >= 11 is 0. The number of hydrogen-bond acceptors (Lipinski definition) is 6. The zero-order chi connectivity index (χ0) is 25.1. The molecule has 3 aromatic carbocycles. The number of para-hydroxylation sites is 1. The van der Waals surface area contributed by atoms with Gasteiger partial charge in [0.05, 0.1) is 23.4 Å². The summed E-state index contributed by atoms with van der Waals surface area (Å²) in [5.74, 6) is 0.546. The number of rotatable bonds is 8. The van der Waals surface area contributed by atoms with Gasteiger partial charge in [0.15, 0.2) is 0 Å². The van der Waals surface area contributed by atoms with Crippen LogP contribution in [0, 0.1) is 11.3 Å². The van der Waals surface area contributed by atoms with Gasteiger partial charge in [0.2, 0.25) is 5.78 Å². The average molecular weight is 479 g/mol. The number of carbonyl (C=O) groups excluding carboxylic acids is 1. The Bertz CT molecular complexity index is 1300. The van der Waals surface area contributed by atoms with Crippen molar-refractivity contribution in [2.75, 3.05) is 19.6 Å². The van der Waals surface area contributed by atoms with Gasteiger partial charge < -0.3 is 9.64 Å². The van der Waals surface area contributed by atoms with Crippen LogP contribution in [0.1, 0.15) is 58.9 Å². The van der Waals surface area contributed by atoms with Crippen LogP contribution in [0.4, 0.5) is 0 Å². The van der Waals surface area contributed by atoms with E-state index in [9.17, 15) is 4.79 Å². The molecule has 0 spiro atoms. The second-order valence-corrected chi connectivity index (χ2v) is 9.18. The molecule has 0 N–H and O–H groups in total. The highest BCUT2D eigenvalue weighted by atomic mass is 16.5. The van der Waals surface area contributed by atoms with Gasteiger partial charge >= 0.3 is 0 Å². The van der Waals surface area contributed by atoms with Gasteiger partial charge in [0, 0.05) is 24.1 Å². The maximum absolute atomic E-state index is 13.5. The fourth-order valence-corrected chi connectivity index (χ4v) is 4.92. The lowest BCUT2D eigenvalue weighted by Gasteiger charge is -2.37. The van der Waals surface area contributed by atoms with Crippen LogP contribution in [0.5, 0.6) is 5.75 Å². The Hall–Kier alpha value is -3.95. The van der Waals surface area contributed by atoms with E-state index in [1.165, 1.54) is 5.56 Å². The topological polar surface area (TPSA) is 68.9 Å². The van der Waals surface area contributed by atoms with Gasteiger partial charge in [-0.25, -0.2) is 5.01 Å². The van der Waals surface area contributed by atoms with E-state index in [1.807, 2.05) is 29.3 Å². The highest BCUT2D eigenvalue weighted by molar-refractivity contribution is 6.03. The standard InChI is InChI=1S/C30H30N4O2/c1-3-33(4-2)18-17-21-9-13-23(14-10-21)26-19-27-25-7-5-6-8-28(25)36-30(34(27)32-26)29(35)24-15-11-22(20-31)12-16-24/h5-16,27,30H,3-4,17-19H2,1-2H3. The minimum atomic E-state index is -0.858. The number of fused-ring (bicyclic) bond motifs is 3. The minimum absolute atomic E-state index is 0.0698. The minimum Gasteiger partial charge on any atom is -0.461 e. The summed E-state index contributed by atoms with van der Waals surface area (Å²) in [4.78, 5) is 15.9. The largest absolute Gasteiger partial charge is 0.461 e. The number of nitriles is 1. The van der Waals surface area contributed by atoms with Gasteiger partial charge in [-0.05, 0) is 61.0 Å². The fraction of sp³-hybridized carbons (Fsp3) is 0.300. The van der Waals surface area contributed by atoms with Crippen molar-refractivity contribution in [3.05, 3.63) is 101 Å². The van der Waals surface area contributed by atoms with Crippen LogP contribution in [-0.4, -0.2) is 47.3 Å². The third-order valence-electron chi connectivity index (χ3n) is 7.12. The molecular weight excluding hydrogens is 448 g/mol. The maximum Gasteiger partial charge on any atom is 0.251 e. The number of nitrogens with zero attached hydrogens (tertiary/aromatic N) is 4. The molecule has 182 valence electrons. The van der Waals surface area contributed by atoms with E-state index >= 15 is 0 Å². The van der Waals surface area contributed by atoms with Crippen LogP contribution in [-0.2, 0) is 6.42 Å². The molecular formula is C30H30N4O2. The molecule has 3 aromatic rings. The van der Waals surface area contributed by atoms with Gasteiger partial charge in [-0.3, -0.25) is 4.79 Å². The number of likely N-dealkylation sites (N-methyl/N-ethyl adjacent to an activating group) is 1. The molecule has 2 aliphatic heterocycles. The summed E-state index contributed by atoms with van der Waals surface area (Å²) in [6, 6.07) is 25.2. The Morgan fingerprint density at radius 2 is 1.78 bits per heavy atom. The van der Waals surface area contributed by atoms with Crippen LogP contribution in [0.2, 0.25) is 0 Å². The van der Waals surface area contributed by atoms with Crippen molar-refractivity contribution in [2.45, 2.75) is 39.0 Å². The number of ketones is 1. The van der Waals surface area contributed by atoms with E-state index in [0.717, 1.165) is 42.9 Å². The molecule has 0 amide bonds. The Labute approximate surface area is 212 Å². The average Bonchev–Trinajstić information content (AvgIpc) is 3.39. The monoisotopic (exact) mass is 478 g/mol. The van der Waals surface area contributed by atoms with Gasteiger partial charge in [0.1, 0.15) is 5.75 Å². The number of ether oxygens (including phenoxy) is 1. The number of Topliss-reactive ketones (excluding diaryl/α,β-unsaturated/α-hetero) is 1. The highest BCUT2D eigenvalue weighted by Gasteiger charge is 2.43. The van der Waals surface area contributed by atoms with E-state index in [4.69, 9.17) is 15.1 Å². The van der Waals surface area contributed by atoms with E-state index in [1.54, 1.807) is 24.3 Å². The third-order valence-corrected chi connectivity index (χ3v) is 7.12. The molecule has 0 radical (unpaired) electrons. The lowest BCUT2D eigenvalue weighted by atomic mass is 9.95. The first-order valence-corrected chi connectivity index (χ1v) is 12.6. The Morgan fingerprint density at radius 1 is 1.06 bits per heavy atom. The lowest BCUT2D eigenvalue weighted by Crippen LogP contribution is -2.45. The zero-order valence-electron chi connectivity index (χ0n) is 20.7. The molecule has 2 aliphatic rings. The SMILES string of the molecule is CCN(CC)CCc1ccc(C2=NN3C(C(=O)c4ccc(C#N)cc4)Oc4ccccc4C3C2)cc1. The molecule has 6 heteroatoms. The van der Waals surface area contributed by atoms with Crippen LogP contribution in [0.3, 0.4) is 0 Å². The summed E-state index contributed by atoms with van der Waals surface area (Å²) in [7, 11) is 0. The van der Waals surface area contributed by atoms with Gasteiger partial charge in [-0.1, -0.05) is 56.3 Å². The fourth-order valence-electron chi connectivity index (χ4n) is 4.92. The second kappa shape index (κ2) is 10.3. The van der Waals surface area contributed by atoms with Crippen molar-refractivity contribution in [3.63, 3.8) is 0 Å². The first kappa shape index (κ1) is 23.8. The highest BCUT2D eigenvalue weighted by Crippen LogP contribution is 2.43. The van der Waals surface area contributed by atoms with Crippen LogP contribution in [0.15, 0.2) is 77.9 Å². The molecule has 2 unspecified atom stereocenters. The molecule has 6 nitrogen and oxygen atoms in total. The van der Waals surface area contributed by atoms with Crippen LogP contribution >= 0.6 is 0 Å².